The maximum atomic E-state index is 10.5. The average Bonchev–Trinajstić information content (AvgIpc) is 2.52. The molecule has 4 nitrogen and oxygen atoms in total. The van der Waals surface area contributed by atoms with Crippen LogP contribution < -0.4 is 0 Å². The lowest BCUT2D eigenvalue weighted by atomic mass is 9.87. The predicted molar refractivity (Wildman–Crippen MR) is 89.3 cm³/mol. The molecule has 1 heterocycles. The monoisotopic (exact) mass is 327 g/mol. The number of rotatable bonds is 7. The molecule has 0 radical (unpaired) electrons. The third-order valence-electron chi connectivity index (χ3n) is 4.33. The highest BCUT2D eigenvalue weighted by molar-refractivity contribution is 5.85. The molecule has 0 aromatic heterocycles. The first-order valence-corrected chi connectivity index (χ1v) is 7.84. The molecule has 1 atom stereocenters. The van der Waals surface area contributed by atoms with Crippen molar-refractivity contribution in [2.45, 2.75) is 38.2 Å². The number of carboxylic acid groups (broad SMARTS) is 1. The summed E-state index contributed by atoms with van der Waals surface area (Å²) in [6, 6.07) is 9.88. The summed E-state index contributed by atoms with van der Waals surface area (Å²) in [5, 5.41) is 19.0. The second-order valence-corrected chi connectivity index (χ2v) is 5.89. The van der Waals surface area contributed by atoms with E-state index in [2.05, 4.69) is 4.90 Å². The molecular weight excluding hydrogens is 302 g/mol. The second kappa shape index (κ2) is 9.82. The molecule has 22 heavy (non-hydrogen) atoms. The SMILES string of the molecule is Cl.O=C(O)CCCCN1CCC(C(O)c2ccccc2)CC1. The summed E-state index contributed by atoms with van der Waals surface area (Å²) in [4.78, 5) is 12.8. The minimum atomic E-state index is -0.709. The number of likely N-dealkylation sites (tertiary alicyclic amines) is 1. The van der Waals surface area contributed by atoms with E-state index in [-0.39, 0.29) is 24.9 Å². The van der Waals surface area contributed by atoms with Crippen LogP contribution in [-0.4, -0.2) is 40.7 Å². The van der Waals surface area contributed by atoms with Crippen LogP contribution in [0.5, 0.6) is 0 Å². The Labute approximate surface area is 138 Å². The van der Waals surface area contributed by atoms with Crippen molar-refractivity contribution in [1.29, 1.82) is 0 Å². The van der Waals surface area contributed by atoms with Gasteiger partial charge in [-0.15, -0.1) is 12.4 Å². The van der Waals surface area contributed by atoms with E-state index in [0.717, 1.165) is 50.9 Å². The molecular formula is C17H26ClNO3. The Bertz CT molecular complexity index is 433. The summed E-state index contributed by atoms with van der Waals surface area (Å²) < 4.78 is 0. The third kappa shape index (κ3) is 5.95. The van der Waals surface area contributed by atoms with Crippen molar-refractivity contribution in [1.82, 2.24) is 4.90 Å². The highest BCUT2D eigenvalue weighted by atomic mass is 35.5. The molecule has 1 saturated heterocycles. The van der Waals surface area contributed by atoms with E-state index in [1.807, 2.05) is 30.3 Å². The maximum Gasteiger partial charge on any atom is 0.303 e. The molecule has 124 valence electrons. The fourth-order valence-corrected chi connectivity index (χ4v) is 3.03. The van der Waals surface area contributed by atoms with Gasteiger partial charge in [0.05, 0.1) is 6.10 Å². The molecule has 0 spiro atoms. The van der Waals surface area contributed by atoms with Gasteiger partial charge in [-0.25, -0.2) is 0 Å². The Morgan fingerprint density at radius 3 is 2.41 bits per heavy atom. The Morgan fingerprint density at radius 1 is 1.18 bits per heavy atom. The highest BCUT2D eigenvalue weighted by Crippen LogP contribution is 2.30. The van der Waals surface area contributed by atoms with Gasteiger partial charge in [-0.1, -0.05) is 30.3 Å². The number of piperidine rings is 1. The van der Waals surface area contributed by atoms with Crippen molar-refractivity contribution in [2.24, 2.45) is 5.92 Å². The average molecular weight is 328 g/mol. The number of hydrogen-bond acceptors (Lipinski definition) is 3. The van der Waals surface area contributed by atoms with Crippen molar-refractivity contribution >= 4 is 18.4 Å². The van der Waals surface area contributed by atoms with Crippen molar-refractivity contribution < 1.29 is 15.0 Å². The van der Waals surface area contributed by atoms with Gasteiger partial charge in [0.2, 0.25) is 0 Å². The Balaban J connectivity index is 0.00000242. The first-order chi connectivity index (χ1) is 10.2. The zero-order valence-corrected chi connectivity index (χ0v) is 13.7. The molecule has 1 aliphatic heterocycles. The first-order valence-electron chi connectivity index (χ1n) is 7.84. The van der Waals surface area contributed by atoms with Crippen LogP contribution in [0.15, 0.2) is 30.3 Å². The van der Waals surface area contributed by atoms with Gasteiger partial charge in [-0.2, -0.15) is 0 Å². The molecule has 1 aliphatic rings. The van der Waals surface area contributed by atoms with Crippen LogP contribution in [0.3, 0.4) is 0 Å². The number of halogens is 1. The number of carbonyl (C=O) groups is 1. The minimum absolute atomic E-state index is 0. The lowest BCUT2D eigenvalue weighted by Crippen LogP contribution is -2.36. The zero-order valence-electron chi connectivity index (χ0n) is 12.9. The van der Waals surface area contributed by atoms with Gasteiger partial charge in [-0.05, 0) is 56.8 Å². The molecule has 5 heteroatoms. The van der Waals surface area contributed by atoms with E-state index in [1.54, 1.807) is 0 Å². The van der Waals surface area contributed by atoms with Gasteiger partial charge in [0.25, 0.3) is 0 Å². The fraction of sp³-hybridized carbons (Fsp3) is 0.588. The largest absolute Gasteiger partial charge is 0.481 e. The van der Waals surface area contributed by atoms with Crippen LogP contribution >= 0.6 is 12.4 Å². The number of nitrogens with zero attached hydrogens (tertiary/aromatic N) is 1. The second-order valence-electron chi connectivity index (χ2n) is 5.89. The van der Waals surface area contributed by atoms with Crippen molar-refractivity contribution in [3.63, 3.8) is 0 Å². The molecule has 1 aromatic rings. The van der Waals surface area contributed by atoms with Gasteiger partial charge in [0.1, 0.15) is 0 Å². The first kappa shape index (κ1) is 18.9. The van der Waals surface area contributed by atoms with Crippen LogP contribution in [0, 0.1) is 5.92 Å². The molecule has 1 aromatic carbocycles. The summed E-state index contributed by atoms with van der Waals surface area (Å²) in [7, 11) is 0. The van der Waals surface area contributed by atoms with Crippen LogP contribution in [0.25, 0.3) is 0 Å². The Morgan fingerprint density at radius 2 is 1.82 bits per heavy atom. The summed E-state index contributed by atoms with van der Waals surface area (Å²) >= 11 is 0. The maximum absolute atomic E-state index is 10.5. The van der Waals surface area contributed by atoms with Crippen LogP contribution in [0.1, 0.15) is 43.8 Å². The van der Waals surface area contributed by atoms with E-state index in [4.69, 9.17) is 5.11 Å². The number of aliphatic hydroxyl groups is 1. The zero-order chi connectivity index (χ0) is 15.1. The van der Waals surface area contributed by atoms with Crippen molar-refractivity contribution in [3.05, 3.63) is 35.9 Å². The van der Waals surface area contributed by atoms with Gasteiger partial charge < -0.3 is 15.1 Å². The van der Waals surface area contributed by atoms with E-state index < -0.39 is 5.97 Å². The summed E-state index contributed by atoms with van der Waals surface area (Å²) in [6.07, 6.45) is 3.62. The molecule has 1 fully saturated rings. The van der Waals surface area contributed by atoms with Crippen molar-refractivity contribution in [2.75, 3.05) is 19.6 Å². The van der Waals surface area contributed by atoms with Crippen LogP contribution in [-0.2, 0) is 4.79 Å². The molecule has 1 unspecified atom stereocenters. The molecule has 0 bridgehead atoms. The van der Waals surface area contributed by atoms with Gasteiger partial charge >= 0.3 is 5.97 Å². The number of hydrogen-bond donors (Lipinski definition) is 2. The van der Waals surface area contributed by atoms with Crippen LogP contribution in [0.2, 0.25) is 0 Å². The Kier molecular flexibility index (Phi) is 8.46. The number of unbranched alkanes of at least 4 members (excludes halogenated alkanes) is 1. The van der Waals surface area contributed by atoms with Gasteiger partial charge in [-0.3, -0.25) is 4.79 Å². The number of carboxylic acids is 1. The normalized spacial score (nSPS) is 17.7. The molecule has 0 aliphatic carbocycles. The minimum Gasteiger partial charge on any atom is -0.481 e. The lowest BCUT2D eigenvalue weighted by Gasteiger charge is -2.34. The quantitative estimate of drug-likeness (QED) is 0.755. The Hall–Kier alpha value is -1.10. The summed E-state index contributed by atoms with van der Waals surface area (Å²) in [5.74, 6) is -0.373. The molecule has 2 rings (SSSR count). The van der Waals surface area contributed by atoms with Gasteiger partial charge in [0.15, 0.2) is 0 Å². The van der Waals surface area contributed by atoms with E-state index in [9.17, 15) is 9.90 Å². The number of aliphatic carboxylic acids is 1. The lowest BCUT2D eigenvalue weighted by molar-refractivity contribution is -0.137. The summed E-state index contributed by atoms with van der Waals surface area (Å²) in [6.45, 7) is 2.98. The van der Waals surface area contributed by atoms with E-state index in [0.29, 0.717) is 5.92 Å². The van der Waals surface area contributed by atoms with Crippen LogP contribution in [0.4, 0.5) is 0 Å². The topological polar surface area (TPSA) is 60.8 Å². The third-order valence-corrected chi connectivity index (χ3v) is 4.33. The van der Waals surface area contributed by atoms with Gasteiger partial charge in [0, 0.05) is 6.42 Å². The standard InChI is InChI=1S/C17H25NO3.ClH/c19-16(20)8-4-5-11-18-12-9-15(10-13-18)17(21)14-6-2-1-3-7-14;/h1-3,6-7,15,17,21H,4-5,8-13H2,(H,19,20);1H. The van der Waals surface area contributed by atoms with E-state index in [1.165, 1.54) is 0 Å². The predicted octanol–water partition coefficient (Wildman–Crippen LogP) is 3.11. The van der Waals surface area contributed by atoms with Crippen molar-refractivity contribution in [3.8, 4) is 0 Å². The smallest absolute Gasteiger partial charge is 0.303 e. The summed E-state index contributed by atoms with van der Waals surface area (Å²) in [5.41, 5.74) is 1.01. The molecule has 0 amide bonds. The highest BCUT2D eigenvalue weighted by Gasteiger charge is 2.25. The molecule has 0 saturated carbocycles. The molecule has 2 N–H and O–H groups in total. The number of benzene rings is 1. The number of aliphatic hydroxyl groups excluding tert-OH is 1. The van der Waals surface area contributed by atoms with E-state index >= 15 is 0 Å². The fourth-order valence-electron chi connectivity index (χ4n) is 3.03.